The molecule has 1 heterocycles. The van der Waals surface area contributed by atoms with Gasteiger partial charge in [-0.05, 0) is 6.42 Å². The number of nitrogens with zero attached hydrogens (tertiary/aromatic N) is 1. The second kappa shape index (κ2) is 4.97. The Kier molecular flexibility index (Phi) is 4.59. The highest BCUT2D eigenvalue weighted by Crippen LogP contribution is 2.12. The van der Waals surface area contributed by atoms with Crippen molar-refractivity contribution in [2.45, 2.75) is 25.3 Å². The van der Waals surface area contributed by atoms with Crippen molar-refractivity contribution in [1.82, 2.24) is 9.97 Å². The van der Waals surface area contributed by atoms with Gasteiger partial charge in [-0.15, -0.1) is 12.4 Å². The van der Waals surface area contributed by atoms with Crippen molar-refractivity contribution in [2.24, 2.45) is 5.73 Å². The van der Waals surface area contributed by atoms with Crippen molar-refractivity contribution < 1.29 is 9.90 Å². The molecule has 0 amide bonds. The molecule has 0 spiro atoms. The zero-order valence-corrected chi connectivity index (χ0v) is 8.67. The van der Waals surface area contributed by atoms with Crippen LogP contribution in [0.5, 0.6) is 0 Å². The minimum absolute atomic E-state index is 0. The Morgan fingerprint density at radius 1 is 1.79 bits per heavy atom. The van der Waals surface area contributed by atoms with Crippen LogP contribution in [0, 0.1) is 0 Å². The van der Waals surface area contributed by atoms with Gasteiger partial charge in [0.1, 0.15) is 5.54 Å². The lowest BCUT2D eigenvalue weighted by Crippen LogP contribution is -2.49. The van der Waals surface area contributed by atoms with E-state index in [4.69, 9.17) is 10.8 Å². The highest BCUT2D eigenvalue weighted by atomic mass is 35.5. The second-order valence-corrected chi connectivity index (χ2v) is 3.07. The van der Waals surface area contributed by atoms with Gasteiger partial charge in [-0.25, -0.2) is 4.98 Å². The summed E-state index contributed by atoms with van der Waals surface area (Å²) in [5, 5.41) is 8.87. The number of carboxylic acids is 1. The number of nitrogens with two attached hydrogens (primary N) is 1. The largest absolute Gasteiger partial charge is 0.480 e. The van der Waals surface area contributed by atoms with E-state index in [9.17, 15) is 4.79 Å². The fraction of sp³-hybridized carbons (Fsp3) is 0.500. The van der Waals surface area contributed by atoms with E-state index in [2.05, 4.69) is 9.97 Å². The smallest absolute Gasteiger partial charge is 0.324 e. The third-order valence-electron chi connectivity index (χ3n) is 2.12. The van der Waals surface area contributed by atoms with Crippen LogP contribution in [0.15, 0.2) is 12.5 Å². The van der Waals surface area contributed by atoms with E-state index in [0.717, 1.165) is 5.69 Å². The van der Waals surface area contributed by atoms with Gasteiger partial charge in [-0.2, -0.15) is 0 Å². The fourth-order valence-corrected chi connectivity index (χ4v) is 1.07. The second-order valence-electron chi connectivity index (χ2n) is 3.07. The number of aromatic nitrogens is 2. The van der Waals surface area contributed by atoms with Gasteiger partial charge in [-0.3, -0.25) is 4.79 Å². The van der Waals surface area contributed by atoms with E-state index in [0.29, 0.717) is 6.42 Å². The number of hydrogen-bond donors (Lipinski definition) is 3. The summed E-state index contributed by atoms with van der Waals surface area (Å²) in [5.74, 6) is -0.982. The Labute approximate surface area is 88.1 Å². The predicted molar refractivity (Wildman–Crippen MR) is 54.4 cm³/mol. The Bertz CT molecular complexity index is 289. The quantitative estimate of drug-likeness (QED) is 0.690. The molecule has 0 fully saturated rings. The maximum atomic E-state index is 10.8. The van der Waals surface area contributed by atoms with E-state index in [1.54, 1.807) is 13.1 Å². The number of aromatic amines is 1. The van der Waals surface area contributed by atoms with Gasteiger partial charge >= 0.3 is 5.97 Å². The monoisotopic (exact) mass is 219 g/mol. The first-order valence-electron chi connectivity index (χ1n) is 4.08. The third-order valence-corrected chi connectivity index (χ3v) is 2.12. The molecular formula is C8H14ClN3O2. The molecule has 0 radical (unpaired) electrons. The zero-order valence-electron chi connectivity index (χ0n) is 7.86. The van der Waals surface area contributed by atoms with E-state index >= 15 is 0 Å². The summed E-state index contributed by atoms with van der Waals surface area (Å²) in [4.78, 5) is 17.4. The summed E-state index contributed by atoms with van der Waals surface area (Å²) in [7, 11) is 0. The molecule has 6 heteroatoms. The van der Waals surface area contributed by atoms with Crippen LogP contribution in [0.2, 0.25) is 0 Å². The van der Waals surface area contributed by atoms with Gasteiger partial charge in [0.05, 0.1) is 6.33 Å². The van der Waals surface area contributed by atoms with Crippen molar-refractivity contribution in [3.05, 3.63) is 18.2 Å². The van der Waals surface area contributed by atoms with E-state index in [-0.39, 0.29) is 18.8 Å². The van der Waals surface area contributed by atoms with Gasteiger partial charge < -0.3 is 15.8 Å². The first-order valence-corrected chi connectivity index (χ1v) is 4.08. The lowest BCUT2D eigenvalue weighted by molar-refractivity contribution is -0.143. The van der Waals surface area contributed by atoms with Crippen molar-refractivity contribution in [1.29, 1.82) is 0 Å². The summed E-state index contributed by atoms with van der Waals surface area (Å²) in [5.41, 5.74) is 5.24. The fourth-order valence-electron chi connectivity index (χ4n) is 1.07. The normalized spacial score (nSPS) is 14.1. The number of carbonyl (C=O) groups is 1. The van der Waals surface area contributed by atoms with Crippen LogP contribution in [0.4, 0.5) is 0 Å². The van der Waals surface area contributed by atoms with Gasteiger partial charge in [0.2, 0.25) is 0 Å². The number of imidazole rings is 1. The van der Waals surface area contributed by atoms with Gasteiger partial charge in [-0.1, -0.05) is 6.92 Å². The van der Waals surface area contributed by atoms with Crippen LogP contribution >= 0.6 is 12.4 Å². The molecule has 0 saturated carbocycles. The van der Waals surface area contributed by atoms with E-state index < -0.39 is 11.5 Å². The molecule has 0 aliphatic carbocycles. The molecule has 1 aromatic rings. The van der Waals surface area contributed by atoms with Crippen LogP contribution in [0.3, 0.4) is 0 Å². The lowest BCUT2D eigenvalue weighted by Gasteiger charge is -2.21. The first-order chi connectivity index (χ1) is 6.08. The van der Waals surface area contributed by atoms with Crippen LogP contribution in [-0.2, 0) is 11.2 Å². The van der Waals surface area contributed by atoms with E-state index in [1.807, 2.05) is 0 Å². The number of nitrogens with one attached hydrogen (secondary N) is 1. The summed E-state index contributed by atoms with van der Waals surface area (Å²) >= 11 is 0. The molecule has 0 aliphatic rings. The van der Waals surface area contributed by atoms with Crippen molar-refractivity contribution in [3.8, 4) is 0 Å². The van der Waals surface area contributed by atoms with Crippen molar-refractivity contribution in [3.63, 3.8) is 0 Å². The maximum absolute atomic E-state index is 10.8. The number of carboxylic acid groups (broad SMARTS) is 1. The predicted octanol–water partition coefficient (Wildman–Crippen LogP) is 0.566. The molecule has 0 bridgehead atoms. The molecule has 0 aromatic carbocycles. The first kappa shape index (κ1) is 12.9. The topological polar surface area (TPSA) is 92.0 Å². The molecule has 0 aliphatic heterocycles. The summed E-state index contributed by atoms with van der Waals surface area (Å²) in [6.45, 7) is 1.75. The Hall–Kier alpha value is -1.07. The standard InChI is InChI=1S/C8H13N3O2.ClH/c1-2-8(9,7(12)13)3-6-4-10-5-11-6;/h4-5H,2-3,9H2,1H3,(H,10,11)(H,12,13);1H/t8-;/m0./s1. The van der Waals surface area contributed by atoms with Crippen molar-refractivity contribution in [2.75, 3.05) is 0 Å². The molecule has 4 N–H and O–H groups in total. The molecule has 0 saturated heterocycles. The molecule has 80 valence electrons. The summed E-state index contributed by atoms with van der Waals surface area (Å²) < 4.78 is 0. The highest BCUT2D eigenvalue weighted by Gasteiger charge is 2.32. The number of H-pyrrole nitrogens is 1. The Balaban J connectivity index is 0.00000169. The number of hydrogen-bond acceptors (Lipinski definition) is 3. The molecule has 5 nitrogen and oxygen atoms in total. The van der Waals surface area contributed by atoms with Gasteiger partial charge in [0, 0.05) is 18.3 Å². The minimum Gasteiger partial charge on any atom is -0.480 e. The lowest BCUT2D eigenvalue weighted by atomic mass is 9.92. The van der Waals surface area contributed by atoms with Crippen LogP contribution in [0.25, 0.3) is 0 Å². The third kappa shape index (κ3) is 2.71. The number of rotatable bonds is 4. The maximum Gasteiger partial charge on any atom is 0.324 e. The SMILES string of the molecule is CC[C@](N)(Cc1cnc[nH]1)C(=O)O.Cl. The van der Waals surface area contributed by atoms with Crippen LogP contribution in [0.1, 0.15) is 19.0 Å². The highest BCUT2D eigenvalue weighted by molar-refractivity contribution is 5.85. The molecule has 1 rings (SSSR count). The number of halogens is 1. The molecule has 1 atom stereocenters. The average Bonchev–Trinajstić information content (AvgIpc) is 2.56. The Morgan fingerprint density at radius 3 is 2.79 bits per heavy atom. The van der Waals surface area contributed by atoms with Gasteiger partial charge in [0.25, 0.3) is 0 Å². The van der Waals surface area contributed by atoms with Crippen LogP contribution < -0.4 is 5.73 Å². The van der Waals surface area contributed by atoms with Crippen molar-refractivity contribution >= 4 is 18.4 Å². The minimum atomic E-state index is -1.19. The average molecular weight is 220 g/mol. The molecule has 1 aromatic heterocycles. The Morgan fingerprint density at radius 2 is 2.43 bits per heavy atom. The molecule has 0 unspecified atom stereocenters. The van der Waals surface area contributed by atoms with Crippen LogP contribution in [-0.4, -0.2) is 26.6 Å². The molecule has 14 heavy (non-hydrogen) atoms. The zero-order chi connectivity index (χ0) is 9.90. The number of aliphatic carboxylic acids is 1. The van der Waals surface area contributed by atoms with E-state index in [1.165, 1.54) is 6.33 Å². The van der Waals surface area contributed by atoms with Gasteiger partial charge in [0.15, 0.2) is 0 Å². The molecular weight excluding hydrogens is 206 g/mol. The summed E-state index contributed by atoms with van der Waals surface area (Å²) in [6.07, 6.45) is 3.76. The summed E-state index contributed by atoms with van der Waals surface area (Å²) in [6, 6.07) is 0.